The van der Waals surface area contributed by atoms with Crippen LogP contribution in [-0.4, -0.2) is 77.6 Å². The van der Waals surface area contributed by atoms with Crippen LogP contribution in [0.5, 0.6) is 0 Å². The smallest absolute Gasteiger partial charge is 0.270 e. The van der Waals surface area contributed by atoms with E-state index in [1.165, 1.54) is 5.56 Å². The van der Waals surface area contributed by atoms with Gasteiger partial charge in [-0.1, -0.05) is 18.2 Å². The van der Waals surface area contributed by atoms with Crippen molar-refractivity contribution < 1.29 is 9.21 Å². The number of nitriles is 1. The minimum absolute atomic E-state index is 0.0359. The fourth-order valence-corrected chi connectivity index (χ4v) is 5.74. The van der Waals surface area contributed by atoms with E-state index in [2.05, 4.69) is 38.7 Å². The predicted molar refractivity (Wildman–Crippen MR) is 152 cm³/mol. The average molecular weight is 539 g/mol. The van der Waals surface area contributed by atoms with Gasteiger partial charge in [0, 0.05) is 83.2 Å². The number of piperazine rings is 2. The molecule has 1 saturated carbocycles. The molecule has 206 valence electrons. The van der Waals surface area contributed by atoms with E-state index in [-0.39, 0.29) is 5.91 Å². The Bertz CT molecular complexity index is 1490. The molecule has 3 aliphatic rings. The summed E-state index contributed by atoms with van der Waals surface area (Å²) in [5.74, 6) is 1.61. The zero-order valence-electron chi connectivity index (χ0n) is 23.1. The molecule has 0 spiro atoms. The number of amides is 1. The number of para-hydroxylation sites is 2. The van der Waals surface area contributed by atoms with Crippen LogP contribution in [-0.2, 0) is 13.6 Å². The van der Waals surface area contributed by atoms with Gasteiger partial charge in [-0.05, 0) is 37.5 Å². The molecule has 1 amide bonds. The Labute approximate surface area is 234 Å². The highest BCUT2D eigenvalue weighted by molar-refractivity contribution is 5.93. The van der Waals surface area contributed by atoms with Gasteiger partial charge in [0.05, 0.1) is 6.57 Å². The number of carbonyl (C=O) groups is 1. The topological polar surface area (TPSA) is 89.1 Å². The first-order chi connectivity index (χ1) is 19.5. The van der Waals surface area contributed by atoms with Gasteiger partial charge in [-0.3, -0.25) is 9.69 Å². The van der Waals surface area contributed by atoms with Crippen molar-refractivity contribution in [3.63, 3.8) is 0 Å². The zero-order chi connectivity index (χ0) is 27.8. The second kappa shape index (κ2) is 10.7. The second-order valence-electron chi connectivity index (χ2n) is 10.9. The number of anilines is 2. The predicted octanol–water partition coefficient (Wildman–Crippen LogP) is 3.91. The first kappa shape index (κ1) is 26.0. The molecule has 2 aromatic heterocycles. The molecule has 3 aromatic rings. The third kappa shape index (κ3) is 4.91. The lowest BCUT2D eigenvalue weighted by molar-refractivity contribution is 0.0735. The summed E-state index contributed by atoms with van der Waals surface area (Å²) in [6, 6.07) is 12.0. The summed E-state index contributed by atoms with van der Waals surface area (Å²) in [5.41, 5.74) is 5.05. The highest BCUT2D eigenvalue weighted by Gasteiger charge is 2.33. The number of carbonyl (C=O) groups excluding carboxylic acids is 1. The SMILES string of the molecule is [C-]#[N+]c1ccccc1N1CCN(Cc2cc(C(=O)N3CCN(c4oc(C5CC5)nc4C#N)CC3)n(C)c2C)CC1. The van der Waals surface area contributed by atoms with Crippen LogP contribution in [0.3, 0.4) is 0 Å². The lowest BCUT2D eigenvalue weighted by atomic mass is 10.2. The number of oxazole rings is 1. The Morgan fingerprint density at radius 2 is 1.80 bits per heavy atom. The van der Waals surface area contributed by atoms with Crippen LogP contribution in [0.1, 0.15) is 52.1 Å². The second-order valence-corrected chi connectivity index (χ2v) is 10.9. The molecule has 40 heavy (non-hydrogen) atoms. The Kier molecular flexibility index (Phi) is 6.95. The monoisotopic (exact) mass is 538 g/mol. The number of hydrogen-bond donors (Lipinski definition) is 0. The van der Waals surface area contributed by atoms with Gasteiger partial charge in [0.15, 0.2) is 0 Å². The molecule has 10 heteroatoms. The zero-order valence-corrected chi connectivity index (χ0v) is 23.1. The Morgan fingerprint density at radius 3 is 2.48 bits per heavy atom. The molecule has 10 nitrogen and oxygen atoms in total. The Morgan fingerprint density at radius 1 is 1.10 bits per heavy atom. The van der Waals surface area contributed by atoms with Gasteiger partial charge in [-0.2, -0.15) is 5.26 Å². The molecule has 0 N–H and O–H groups in total. The molecule has 4 heterocycles. The van der Waals surface area contributed by atoms with Gasteiger partial charge in [-0.25, -0.2) is 9.83 Å². The molecule has 1 aliphatic carbocycles. The van der Waals surface area contributed by atoms with Gasteiger partial charge >= 0.3 is 0 Å². The first-order valence-corrected chi connectivity index (χ1v) is 14.0. The minimum Gasteiger partial charge on any atom is -0.423 e. The normalized spacial score (nSPS) is 18.1. The molecule has 3 fully saturated rings. The van der Waals surface area contributed by atoms with Crippen molar-refractivity contribution in [2.24, 2.45) is 7.05 Å². The lowest BCUT2D eigenvalue weighted by Gasteiger charge is -2.36. The molecule has 0 bridgehead atoms. The van der Waals surface area contributed by atoms with Crippen LogP contribution >= 0.6 is 0 Å². The van der Waals surface area contributed by atoms with E-state index in [1.54, 1.807) is 0 Å². The summed E-state index contributed by atoms with van der Waals surface area (Å²) < 4.78 is 7.98. The molecule has 2 aliphatic heterocycles. The number of rotatable bonds is 6. The van der Waals surface area contributed by atoms with E-state index >= 15 is 0 Å². The van der Waals surface area contributed by atoms with Crippen LogP contribution < -0.4 is 9.80 Å². The Hall–Kier alpha value is -4.28. The molecule has 0 unspecified atom stereocenters. The minimum atomic E-state index is 0.0359. The largest absolute Gasteiger partial charge is 0.423 e. The maximum absolute atomic E-state index is 13.6. The number of nitrogens with zero attached hydrogens (tertiary/aromatic N) is 8. The van der Waals surface area contributed by atoms with E-state index in [0.29, 0.717) is 60.9 Å². The van der Waals surface area contributed by atoms with Crippen molar-refractivity contribution >= 4 is 23.2 Å². The fraction of sp³-hybridized carbons (Fsp3) is 0.467. The molecular formula is C30H34N8O2. The van der Waals surface area contributed by atoms with Crippen LogP contribution in [0, 0.1) is 24.8 Å². The maximum atomic E-state index is 13.6. The fourth-order valence-electron chi connectivity index (χ4n) is 5.74. The van der Waals surface area contributed by atoms with E-state index in [0.717, 1.165) is 56.9 Å². The van der Waals surface area contributed by atoms with Gasteiger partial charge < -0.3 is 23.7 Å². The van der Waals surface area contributed by atoms with Gasteiger partial charge in [0.25, 0.3) is 5.91 Å². The van der Waals surface area contributed by atoms with Crippen LogP contribution in [0.25, 0.3) is 4.85 Å². The summed E-state index contributed by atoms with van der Waals surface area (Å²) in [5, 5.41) is 9.53. The standard InChI is InChI=1S/C30H34N8O2/c1-21-23(20-35-10-12-36(13-11-35)26-7-5-4-6-24(26)32-2)18-27(34(21)3)29(39)37-14-16-38(17-15-37)30-25(19-31)33-28(40-30)22-8-9-22/h4-7,18,22H,8-17,20H2,1,3H3. The van der Waals surface area contributed by atoms with Crippen molar-refractivity contribution in [3.05, 3.63) is 70.3 Å². The van der Waals surface area contributed by atoms with Crippen molar-refractivity contribution in [2.45, 2.75) is 32.2 Å². The van der Waals surface area contributed by atoms with Crippen LogP contribution in [0.15, 0.2) is 34.7 Å². The summed E-state index contributed by atoms with van der Waals surface area (Å²) in [4.78, 5) is 30.3. The number of aromatic nitrogens is 2. The average Bonchev–Trinajstić information content (AvgIpc) is 3.70. The molecule has 1 aromatic carbocycles. The summed E-state index contributed by atoms with van der Waals surface area (Å²) in [6.07, 6.45) is 2.14. The number of hydrogen-bond acceptors (Lipinski definition) is 7. The van der Waals surface area contributed by atoms with Crippen molar-refractivity contribution in [2.75, 3.05) is 62.2 Å². The van der Waals surface area contributed by atoms with E-state index in [9.17, 15) is 10.1 Å². The highest BCUT2D eigenvalue weighted by atomic mass is 16.4. The van der Waals surface area contributed by atoms with Crippen LogP contribution in [0.4, 0.5) is 17.3 Å². The van der Waals surface area contributed by atoms with E-state index in [1.807, 2.05) is 45.7 Å². The summed E-state index contributed by atoms with van der Waals surface area (Å²) in [7, 11) is 1.97. The van der Waals surface area contributed by atoms with E-state index < -0.39 is 0 Å². The third-order valence-corrected chi connectivity index (χ3v) is 8.48. The molecular weight excluding hydrogens is 504 g/mol. The van der Waals surface area contributed by atoms with Crippen molar-refractivity contribution in [1.82, 2.24) is 19.4 Å². The Balaban J connectivity index is 1.07. The lowest BCUT2D eigenvalue weighted by Crippen LogP contribution is -2.49. The maximum Gasteiger partial charge on any atom is 0.270 e. The summed E-state index contributed by atoms with van der Waals surface area (Å²) in [6.45, 7) is 16.2. The van der Waals surface area contributed by atoms with Gasteiger partial charge in [-0.15, -0.1) is 0 Å². The number of benzene rings is 1. The van der Waals surface area contributed by atoms with Gasteiger partial charge in [0.2, 0.25) is 23.2 Å². The van der Waals surface area contributed by atoms with Gasteiger partial charge in [0.1, 0.15) is 11.8 Å². The molecule has 2 saturated heterocycles. The quantitative estimate of drug-likeness (QED) is 0.440. The highest BCUT2D eigenvalue weighted by Crippen LogP contribution is 2.41. The van der Waals surface area contributed by atoms with E-state index in [4.69, 9.17) is 11.0 Å². The third-order valence-electron chi connectivity index (χ3n) is 8.48. The summed E-state index contributed by atoms with van der Waals surface area (Å²) >= 11 is 0. The molecule has 0 atom stereocenters. The van der Waals surface area contributed by atoms with Crippen molar-refractivity contribution in [1.29, 1.82) is 5.26 Å². The molecule has 0 radical (unpaired) electrons. The first-order valence-electron chi connectivity index (χ1n) is 14.0. The molecule has 6 rings (SSSR count). The van der Waals surface area contributed by atoms with Crippen LogP contribution in [0.2, 0.25) is 0 Å². The van der Waals surface area contributed by atoms with Crippen molar-refractivity contribution in [3.8, 4) is 6.07 Å².